The summed E-state index contributed by atoms with van der Waals surface area (Å²) in [5.41, 5.74) is 0.613. The maximum Gasteiger partial charge on any atom is 0.293 e. The molecule has 1 N–H and O–H groups in total. The van der Waals surface area contributed by atoms with Gasteiger partial charge in [-0.15, -0.1) is 0 Å². The van der Waals surface area contributed by atoms with Crippen molar-refractivity contribution in [3.8, 4) is 0 Å². The zero-order chi connectivity index (χ0) is 14.3. The van der Waals surface area contributed by atoms with Gasteiger partial charge in [0.15, 0.2) is 0 Å². The van der Waals surface area contributed by atoms with Gasteiger partial charge in [-0.3, -0.25) is 14.9 Å². The van der Waals surface area contributed by atoms with E-state index in [1.165, 1.54) is 6.07 Å². The van der Waals surface area contributed by atoms with Crippen LogP contribution in [0.5, 0.6) is 0 Å². The van der Waals surface area contributed by atoms with E-state index < -0.39 is 4.92 Å². The van der Waals surface area contributed by atoms with Crippen LogP contribution in [0.15, 0.2) is 18.2 Å². The molecule has 1 aromatic rings. The highest BCUT2D eigenvalue weighted by molar-refractivity contribution is 5.79. The molecule has 0 radical (unpaired) electrons. The van der Waals surface area contributed by atoms with Crippen molar-refractivity contribution in [3.63, 3.8) is 0 Å². The second-order valence-electron chi connectivity index (χ2n) is 4.19. The molecule has 0 heterocycles. The Morgan fingerprint density at radius 1 is 1.42 bits per heavy atom. The van der Waals surface area contributed by atoms with E-state index in [1.54, 1.807) is 17.0 Å². The van der Waals surface area contributed by atoms with E-state index in [4.69, 9.17) is 5.11 Å². The van der Waals surface area contributed by atoms with Crippen LogP contribution in [0.3, 0.4) is 0 Å². The summed E-state index contributed by atoms with van der Waals surface area (Å²) < 4.78 is 0. The van der Waals surface area contributed by atoms with Crippen LogP contribution in [-0.4, -0.2) is 36.0 Å². The monoisotopic (exact) mass is 266 g/mol. The number of carbonyl (C=O) groups is 1. The van der Waals surface area contributed by atoms with E-state index in [-0.39, 0.29) is 17.9 Å². The molecule has 6 heteroatoms. The third kappa shape index (κ3) is 4.03. The van der Waals surface area contributed by atoms with E-state index in [2.05, 4.69) is 0 Å². The average molecular weight is 266 g/mol. The Labute approximate surface area is 111 Å². The molecule has 0 fully saturated rings. The quantitative estimate of drug-likeness (QED) is 0.442. The number of hydrogen-bond acceptors (Lipinski definition) is 5. The molecule has 1 aromatic carbocycles. The van der Waals surface area contributed by atoms with Gasteiger partial charge in [-0.1, -0.05) is 13.3 Å². The SMILES string of the molecule is CCCCN(CCO)c1ccc(C=O)cc1[N+](=O)[O-]. The van der Waals surface area contributed by atoms with Crippen LogP contribution < -0.4 is 4.90 Å². The number of nitro groups is 1. The van der Waals surface area contributed by atoms with Gasteiger partial charge in [0, 0.05) is 24.7 Å². The summed E-state index contributed by atoms with van der Waals surface area (Å²) in [5, 5.41) is 20.1. The van der Waals surface area contributed by atoms with Crippen molar-refractivity contribution in [3.05, 3.63) is 33.9 Å². The summed E-state index contributed by atoms with van der Waals surface area (Å²) in [6.45, 7) is 2.93. The topological polar surface area (TPSA) is 83.7 Å². The Balaban J connectivity index is 3.12. The van der Waals surface area contributed by atoms with E-state index in [0.717, 1.165) is 12.8 Å². The molecule has 1 rings (SSSR count). The van der Waals surface area contributed by atoms with Crippen molar-refractivity contribution in [2.45, 2.75) is 19.8 Å². The molecule has 0 atom stereocenters. The highest BCUT2D eigenvalue weighted by atomic mass is 16.6. The summed E-state index contributed by atoms with van der Waals surface area (Å²) in [5.74, 6) is 0. The minimum absolute atomic E-state index is 0.0731. The fraction of sp³-hybridized carbons (Fsp3) is 0.462. The Bertz CT molecular complexity index is 448. The number of aliphatic hydroxyl groups excluding tert-OH is 1. The molecule has 0 saturated carbocycles. The van der Waals surface area contributed by atoms with Crippen LogP contribution in [0.4, 0.5) is 11.4 Å². The van der Waals surface area contributed by atoms with Crippen LogP contribution in [0.25, 0.3) is 0 Å². The predicted molar refractivity (Wildman–Crippen MR) is 72.7 cm³/mol. The van der Waals surface area contributed by atoms with Gasteiger partial charge in [0.05, 0.1) is 11.5 Å². The molecule has 104 valence electrons. The number of benzene rings is 1. The van der Waals surface area contributed by atoms with Gasteiger partial charge in [0.1, 0.15) is 12.0 Å². The van der Waals surface area contributed by atoms with Crippen molar-refractivity contribution in [1.82, 2.24) is 0 Å². The fourth-order valence-electron chi connectivity index (χ4n) is 1.85. The van der Waals surface area contributed by atoms with Crippen LogP contribution in [-0.2, 0) is 0 Å². The predicted octanol–water partition coefficient (Wildman–Crippen LogP) is 2.01. The lowest BCUT2D eigenvalue weighted by atomic mass is 10.1. The van der Waals surface area contributed by atoms with Crippen molar-refractivity contribution >= 4 is 17.7 Å². The summed E-state index contributed by atoms with van der Waals surface area (Å²) in [4.78, 5) is 23.0. The first kappa shape index (κ1) is 15.1. The molecule has 0 saturated heterocycles. The maximum atomic E-state index is 11.1. The fourth-order valence-corrected chi connectivity index (χ4v) is 1.85. The molecule has 0 amide bonds. The second kappa shape index (κ2) is 7.48. The van der Waals surface area contributed by atoms with Gasteiger partial charge in [-0.05, 0) is 18.6 Å². The third-order valence-electron chi connectivity index (χ3n) is 2.82. The minimum atomic E-state index is -0.501. The highest BCUT2D eigenvalue weighted by Crippen LogP contribution is 2.29. The second-order valence-corrected chi connectivity index (χ2v) is 4.19. The zero-order valence-electron chi connectivity index (χ0n) is 10.9. The molecule has 6 nitrogen and oxygen atoms in total. The number of rotatable bonds is 8. The Kier molecular flexibility index (Phi) is 5.95. The number of anilines is 1. The summed E-state index contributed by atoms with van der Waals surface area (Å²) in [6, 6.07) is 4.37. The van der Waals surface area contributed by atoms with Gasteiger partial charge in [0.2, 0.25) is 0 Å². The van der Waals surface area contributed by atoms with Crippen LogP contribution in [0.2, 0.25) is 0 Å². The zero-order valence-corrected chi connectivity index (χ0v) is 10.9. The summed E-state index contributed by atoms with van der Waals surface area (Å²) in [6.07, 6.45) is 2.42. The summed E-state index contributed by atoms with van der Waals surface area (Å²) >= 11 is 0. The van der Waals surface area contributed by atoms with E-state index in [9.17, 15) is 14.9 Å². The third-order valence-corrected chi connectivity index (χ3v) is 2.82. The number of aldehydes is 1. The Morgan fingerprint density at radius 2 is 2.16 bits per heavy atom. The molecule has 0 aromatic heterocycles. The standard InChI is InChI=1S/C13H18N2O4/c1-2-3-6-14(7-8-16)12-5-4-11(10-17)9-13(12)15(18)19/h4-5,9-10,16H,2-3,6-8H2,1H3. The Hall–Kier alpha value is -1.95. The molecular weight excluding hydrogens is 248 g/mol. The van der Waals surface area contributed by atoms with E-state index in [1.807, 2.05) is 6.92 Å². The number of aliphatic hydroxyl groups is 1. The van der Waals surface area contributed by atoms with Gasteiger partial charge in [-0.2, -0.15) is 0 Å². The van der Waals surface area contributed by atoms with Gasteiger partial charge < -0.3 is 10.0 Å². The highest BCUT2D eigenvalue weighted by Gasteiger charge is 2.19. The maximum absolute atomic E-state index is 11.1. The lowest BCUT2D eigenvalue weighted by Crippen LogP contribution is -2.28. The first-order valence-corrected chi connectivity index (χ1v) is 6.23. The largest absolute Gasteiger partial charge is 0.395 e. The first-order valence-electron chi connectivity index (χ1n) is 6.23. The number of nitrogens with zero attached hydrogens (tertiary/aromatic N) is 2. The summed E-state index contributed by atoms with van der Waals surface area (Å²) in [7, 11) is 0. The smallest absolute Gasteiger partial charge is 0.293 e. The van der Waals surface area contributed by atoms with Crippen molar-refractivity contribution in [1.29, 1.82) is 0 Å². The molecule has 0 bridgehead atoms. The van der Waals surface area contributed by atoms with Gasteiger partial charge in [0.25, 0.3) is 5.69 Å². The van der Waals surface area contributed by atoms with Crippen molar-refractivity contribution < 1.29 is 14.8 Å². The molecule has 0 spiro atoms. The van der Waals surface area contributed by atoms with Crippen LogP contribution in [0, 0.1) is 10.1 Å². The first-order chi connectivity index (χ1) is 9.13. The lowest BCUT2D eigenvalue weighted by molar-refractivity contribution is -0.384. The van der Waals surface area contributed by atoms with Crippen LogP contribution in [0.1, 0.15) is 30.1 Å². The number of unbranched alkanes of at least 4 members (excludes halogenated alkanes) is 1. The van der Waals surface area contributed by atoms with Crippen molar-refractivity contribution in [2.75, 3.05) is 24.6 Å². The van der Waals surface area contributed by atoms with E-state index in [0.29, 0.717) is 25.1 Å². The molecule has 0 unspecified atom stereocenters. The molecule has 0 aliphatic rings. The number of carbonyl (C=O) groups excluding carboxylic acids is 1. The number of hydrogen-bond donors (Lipinski definition) is 1. The van der Waals surface area contributed by atoms with Crippen LogP contribution >= 0.6 is 0 Å². The van der Waals surface area contributed by atoms with Crippen molar-refractivity contribution in [2.24, 2.45) is 0 Å². The molecule has 0 aliphatic carbocycles. The van der Waals surface area contributed by atoms with E-state index >= 15 is 0 Å². The molecule has 0 aliphatic heterocycles. The normalized spacial score (nSPS) is 10.2. The lowest BCUT2D eigenvalue weighted by Gasteiger charge is -2.23. The minimum Gasteiger partial charge on any atom is -0.395 e. The van der Waals surface area contributed by atoms with Gasteiger partial charge in [-0.25, -0.2) is 0 Å². The Morgan fingerprint density at radius 3 is 2.68 bits per heavy atom. The average Bonchev–Trinajstić information content (AvgIpc) is 2.42. The van der Waals surface area contributed by atoms with Gasteiger partial charge >= 0.3 is 0 Å². The number of nitro benzene ring substituents is 1. The molecular formula is C13H18N2O4. The molecule has 19 heavy (non-hydrogen) atoms.